The van der Waals surface area contributed by atoms with Crippen LogP contribution >= 0.6 is 0 Å². The van der Waals surface area contributed by atoms with Crippen LogP contribution in [0.1, 0.15) is 24.4 Å². The number of ether oxygens (including phenoxy) is 1. The van der Waals surface area contributed by atoms with E-state index in [9.17, 15) is 0 Å². The van der Waals surface area contributed by atoms with Crippen LogP contribution in [0.3, 0.4) is 0 Å². The molecule has 0 bridgehead atoms. The molecule has 2 saturated heterocycles. The quantitative estimate of drug-likeness (QED) is 0.825. The molecule has 0 saturated carbocycles. The molecule has 0 radical (unpaired) electrons. The second-order valence-corrected chi connectivity index (χ2v) is 7.74. The van der Waals surface area contributed by atoms with E-state index in [1.807, 2.05) is 31.6 Å². The van der Waals surface area contributed by atoms with Crippen LogP contribution in [-0.2, 0) is 18.3 Å². The first kappa shape index (κ1) is 18.0. The van der Waals surface area contributed by atoms with Gasteiger partial charge in [0, 0.05) is 44.5 Å². The van der Waals surface area contributed by atoms with E-state index in [0.29, 0.717) is 12.3 Å². The topological polar surface area (TPSA) is 70.2 Å². The largest absolute Gasteiger partial charge is 0.379 e. The van der Waals surface area contributed by atoms with E-state index < -0.39 is 0 Å². The monoisotopic (exact) mass is 366 g/mol. The van der Waals surface area contributed by atoms with Gasteiger partial charge in [-0.3, -0.25) is 4.90 Å². The summed E-state index contributed by atoms with van der Waals surface area (Å²) in [6.07, 6.45) is 6.17. The van der Waals surface area contributed by atoms with Crippen LogP contribution in [0.15, 0.2) is 30.6 Å². The predicted molar refractivity (Wildman–Crippen MR) is 102 cm³/mol. The van der Waals surface area contributed by atoms with E-state index in [2.05, 4.69) is 30.4 Å². The lowest BCUT2D eigenvalue weighted by Crippen LogP contribution is -2.50. The fourth-order valence-corrected chi connectivity index (χ4v) is 4.29. The summed E-state index contributed by atoms with van der Waals surface area (Å²) in [6, 6.07) is 7.80. The Morgan fingerprint density at radius 3 is 3.04 bits per heavy atom. The van der Waals surface area contributed by atoms with E-state index in [4.69, 9.17) is 10.00 Å². The Morgan fingerprint density at radius 1 is 1.30 bits per heavy atom. The summed E-state index contributed by atoms with van der Waals surface area (Å²) in [5.74, 6) is 1.97. The third kappa shape index (κ3) is 3.97. The number of nitrogens with zero attached hydrogens (tertiary/aromatic N) is 6. The molecule has 7 nitrogen and oxygen atoms in total. The standard InChI is InChI=1S/C20H26N6O/c1-24-9-7-22-19(24)13-25-8-3-6-20(14-25)15-26(10-11-27-16-20)18-5-2-4-17(12-21)23-18/h2,4-5,7,9H,3,6,8,10-11,13-16H2,1H3. The highest BCUT2D eigenvalue weighted by atomic mass is 16.5. The first-order valence-electron chi connectivity index (χ1n) is 9.56. The zero-order chi connectivity index (χ0) is 18.7. The average molecular weight is 366 g/mol. The molecule has 7 heteroatoms. The summed E-state index contributed by atoms with van der Waals surface area (Å²) < 4.78 is 8.11. The number of anilines is 1. The molecule has 1 atom stereocenters. The van der Waals surface area contributed by atoms with Crippen molar-refractivity contribution in [3.63, 3.8) is 0 Å². The number of hydrogen-bond donors (Lipinski definition) is 0. The van der Waals surface area contributed by atoms with Gasteiger partial charge in [-0.2, -0.15) is 5.26 Å². The summed E-state index contributed by atoms with van der Waals surface area (Å²) in [5.41, 5.74) is 0.552. The Balaban J connectivity index is 1.51. The molecule has 1 spiro atoms. The summed E-state index contributed by atoms with van der Waals surface area (Å²) >= 11 is 0. The van der Waals surface area contributed by atoms with E-state index >= 15 is 0 Å². The van der Waals surface area contributed by atoms with Crippen molar-refractivity contribution >= 4 is 5.82 Å². The molecule has 2 aromatic rings. The molecular formula is C20H26N6O. The number of aromatic nitrogens is 3. The second kappa shape index (κ2) is 7.67. The molecule has 4 rings (SSSR count). The van der Waals surface area contributed by atoms with E-state index in [0.717, 1.165) is 63.8 Å². The van der Waals surface area contributed by atoms with Crippen LogP contribution in [0.2, 0.25) is 0 Å². The molecular weight excluding hydrogens is 340 g/mol. The van der Waals surface area contributed by atoms with Crippen LogP contribution < -0.4 is 4.90 Å². The number of rotatable bonds is 3. The lowest BCUT2D eigenvalue weighted by molar-refractivity contribution is 0.00967. The number of likely N-dealkylation sites (tertiary alicyclic amines) is 1. The van der Waals surface area contributed by atoms with Gasteiger partial charge >= 0.3 is 0 Å². The lowest BCUT2D eigenvalue weighted by Gasteiger charge is -2.43. The van der Waals surface area contributed by atoms with Crippen molar-refractivity contribution in [1.29, 1.82) is 5.26 Å². The maximum absolute atomic E-state index is 9.17. The van der Waals surface area contributed by atoms with Gasteiger partial charge in [0.1, 0.15) is 23.4 Å². The third-order valence-electron chi connectivity index (χ3n) is 5.64. The van der Waals surface area contributed by atoms with Crippen LogP contribution in [0, 0.1) is 16.7 Å². The number of nitriles is 1. The number of hydrogen-bond acceptors (Lipinski definition) is 6. The number of piperidine rings is 1. The molecule has 4 heterocycles. The van der Waals surface area contributed by atoms with Gasteiger partial charge in [0.2, 0.25) is 0 Å². The fourth-order valence-electron chi connectivity index (χ4n) is 4.29. The minimum atomic E-state index is 0.0875. The SMILES string of the molecule is Cn1ccnc1CN1CCCC2(COCCN(c3cccc(C#N)n3)C2)C1. The van der Waals surface area contributed by atoms with Gasteiger partial charge in [-0.15, -0.1) is 0 Å². The van der Waals surface area contributed by atoms with E-state index in [1.165, 1.54) is 0 Å². The molecule has 27 heavy (non-hydrogen) atoms. The zero-order valence-electron chi connectivity index (χ0n) is 15.8. The van der Waals surface area contributed by atoms with Gasteiger partial charge in [-0.05, 0) is 31.5 Å². The minimum absolute atomic E-state index is 0.0875. The van der Waals surface area contributed by atoms with Crippen LogP contribution in [0.5, 0.6) is 0 Å². The highest BCUT2D eigenvalue weighted by Gasteiger charge is 2.39. The Hall–Kier alpha value is -2.43. The number of pyridine rings is 1. The van der Waals surface area contributed by atoms with Gasteiger partial charge in [-0.1, -0.05) is 6.07 Å². The van der Waals surface area contributed by atoms with Crippen molar-refractivity contribution in [2.45, 2.75) is 19.4 Å². The van der Waals surface area contributed by atoms with Crippen LogP contribution in [0.4, 0.5) is 5.82 Å². The van der Waals surface area contributed by atoms with Gasteiger partial charge in [-0.25, -0.2) is 9.97 Å². The van der Waals surface area contributed by atoms with Gasteiger partial charge in [0.15, 0.2) is 0 Å². The normalized spacial score (nSPS) is 23.9. The molecule has 2 aromatic heterocycles. The second-order valence-electron chi connectivity index (χ2n) is 7.74. The smallest absolute Gasteiger partial charge is 0.142 e. The summed E-state index contributed by atoms with van der Waals surface area (Å²) in [4.78, 5) is 13.8. The molecule has 2 aliphatic heterocycles. The number of imidazole rings is 1. The van der Waals surface area contributed by atoms with E-state index in [-0.39, 0.29) is 5.41 Å². The molecule has 0 amide bonds. The molecule has 0 N–H and O–H groups in total. The van der Waals surface area contributed by atoms with Crippen molar-refractivity contribution < 1.29 is 4.74 Å². The van der Waals surface area contributed by atoms with E-state index in [1.54, 1.807) is 6.07 Å². The maximum atomic E-state index is 9.17. The highest BCUT2D eigenvalue weighted by molar-refractivity contribution is 5.42. The summed E-state index contributed by atoms with van der Waals surface area (Å²) in [5, 5.41) is 9.17. The Labute approximate surface area is 160 Å². The highest BCUT2D eigenvalue weighted by Crippen LogP contribution is 2.34. The summed E-state index contributed by atoms with van der Waals surface area (Å²) in [7, 11) is 2.05. The van der Waals surface area contributed by atoms with Crippen molar-refractivity contribution in [3.05, 3.63) is 42.1 Å². The van der Waals surface area contributed by atoms with Gasteiger partial charge < -0.3 is 14.2 Å². The Bertz CT molecular complexity index is 828. The molecule has 1 unspecified atom stereocenters. The van der Waals surface area contributed by atoms with Crippen molar-refractivity contribution in [1.82, 2.24) is 19.4 Å². The van der Waals surface area contributed by atoms with Gasteiger partial charge in [0.25, 0.3) is 0 Å². The van der Waals surface area contributed by atoms with Crippen molar-refractivity contribution in [2.75, 3.05) is 44.3 Å². The Kier molecular flexibility index (Phi) is 5.10. The molecule has 0 aromatic carbocycles. The first-order valence-corrected chi connectivity index (χ1v) is 9.56. The molecule has 2 fully saturated rings. The van der Waals surface area contributed by atoms with Crippen molar-refractivity contribution in [2.24, 2.45) is 12.5 Å². The van der Waals surface area contributed by atoms with Crippen molar-refractivity contribution in [3.8, 4) is 6.07 Å². The number of aryl methyl sites for hydroxylation is 1. The first-order chi connectivity index (χ1) is 13.2. The predicted octanol–water partition coefficient (Wildman–Crippen LogP) is 1.81. The minimum Gasteiger partial charge on any atom is -0.379 e. The average Bonchev–Trinajstić information content (AvgIpc) is 2.97. The fraction of sp³-hybridized carbons (Fsp3) is 0.550. The van der Waals surface area contributed by atoms with Gasteiger partial charge in [0.05, 0.1) is 19.8 Å². The lowest BCUT2D eigenvalue weighted by atomic mass is 9.80. The zero-order valence-corrected chi connectivity index (χ0v) is 15.8. The Morgan fingerprint density at radius 2 is 2.22 bits per heavy atom. The maximum Gasteiger partial charge on any atom is 0.142 e. The molecule has 142 valence electrons. The third-order valence-corrected chi connectivity index (χ3v) is 5.64. The molecule has 0 aliphatic carbocycles. The van der Waals surface area contributed by atoms with Crippen LogP contribution in [0.25, 0.3) is 0 Å². The van der Waals surface area contributed by atoms with Crippen LogP contribution in [-0.4, -0.2) is 58.8 Å². The summed E-state index contributed by atoms with van der Waals surface area (Å²) in [6.45, 7) is 6.14. The molecule has 2 aliphatic rings.